The highest BCUT2D eigenvalue weighted by Crippen LogP contribution is 2.26. The van der Waals surface area contributed by atoms with Crippen LogP contribution in [-0.2, 0) is 12.0 Å². The number of rotatable bonds is 6. The normalized spacial score (nSPS) is 13.8. The summed E-state index contributed by atoms with van der Waals surface area (Å²) in [5.74, 6) is 0.863. The highest BCUT2D eigenvalue weighted by atomic mass is 16.5. The average Bonchev–Trinajstić information content (AvgIpc) is 2.48. The van der Waals surface area contributed by atoms with E-state index in [2.05, 4.69) is 37.3 Å². The maximum atomic E-state index is 6.47. The molecule has 2 N–H and O–H groups in total. The summed E-state index contributed by atoms with van der Waals surface area (Å²) >= 11 is 0. The van der Waals surface area contributed by atoms with E-state index in [9.17, 15) is 0 Å². The Balaban J connectivity index is 1.96. The Kier molecular flexibility index (Phi) is 4.80. The van der Waals surface area contributed by atoms with E-state index in [4.69, 9.17) is 10.5 Å². The Morgan fingerprint density at radius 3 is 2.50 bits per heavy atom. The summed E-state index contributed by atoms with van der Waals surface area (Å²) in [5.41, 5.74) is 8.65. The largest absolute Gasteiger partial charge is 0.497 e. The van der Waals surface area contributed by atoms with Crippen LogP contribution >= 0.6 is 0 Å². The van der Waals surface area contributed by atoms with Crippen LogP contribution in [0.5, 0.6) is 5.75 Å². The van der Waals surface area contributed by atoms with E-state index in [1.807, 2.05) is 24.3 Å². The highest BCUT2D eigenvalue weighted by molar-refractivity contribution is 5.32. The number of benzene rings is 2. The zero-order valence-corrected chi connectivity index (χ0v) is 12.3. The lowest BCUT2D eigenvalue weighted by Gasteiger charge is -2.25. The number of hydrogen-bond donors (Lipinski definition) is 1. The van der Waals surface area contributed by atoms with Crippen molar-refractivity contribution in [2.24, 2.45) is 5.73 Å². The highest BCUT2D eigenvalue weighted by Gasteiger charge is 2.21. The van der Waals surface area contributed by atoms with Gasteiger partial charge in [-0.15, -0.1) is 0 Å². The molecule has 0 heterocycles. The van der Waals surface area contributed by atoms with E-state index in [1.54, 1.807) is 7.11 Å². The molecule has 0 radical (unpaired) electrons. The Morgan fingerprint density at radius 1 is 1.05 bits per heavy atom. The van der Waals surface area contributed by atoms with Crippen molar-refractivity contribution in [3.8, 4) is 5.75 Å². The van der Waals surface area contributed by atoms with Crippen LogP contribution in [0.1, 0.15) is 30.9 Å². The molecule has 0 amide bonds. The van der Waals surface area contributed by atoms with E-state index >= 15 is 0 Å². The molecule has 0 aliphatic carbocycles. The third kappa shape index (κ3) is 3.84. The molecule has 0 aliphatic rings. The third-order valence-corrected chi connectivity index (χ3v) is 3.73. The molecule has 2 rings (SSSR count). The molecule has 0 bridgehead atoms. The quantitative estimate of drug-likeness (QED) is 0.863. The van der Waals surface area contributed by atoms with Crippen molar-refractivity contribution in [1.82, 2.24) is 0 Å². The summed E-state index contributed by atoms with van der Waals surface area (Å²) in [6.07, 6.45) is 3.10. The molecule has 0 fully saturated rings. The number of hydrogen-bond acceptors (Lipinski definition) is 2. The van der Waals surface area contributed by atoms with Gasteiger partial charge in [-0.05, 0) is 49.4 Å². The Bertz CT molecular complexity index is 534. The van der Waals surface area contributed by atoms with Crippen molar-refractivity contribution >= 4 is 0 Å². The van der Waals surface area contributed by atoms with Gasteiger partial charge in [0.1, 0.15) is 5.75 Å². The SMILES string of the molecule is COc1cccc(C(C)(N)CCCc2ccccc2)c1. The number of ether oxygens (including phenoxy) is 1. The minimum absolute atomic E-state index is 0.316. The van der Waals surface area contributed by atoms with Crippen molar-refractivity contribution in [1.29, 1.82) is 0 Å². The number of methoxy groups -OCH3 is 1. The van der Waals surface area contributed by atoms with Gasteiger partial charge in [0.15, 0.2) is 0 Å². The van der Waals surface area contributed by atoms with Crippen molar-refractivity contribution in [2.75, 3.05) is 7.11 Å². The minimum Gasteiger partial charge on any atom is -0.497 e. The molecule has 2 heteroatoms. The fourth-order valence-corrected chi connectivity index (χ4v) is 2.43. The minimum atomic E-state index is -0.316. The summed E-state index contributed by atoms with van der Waals surface area (Å²) in [7, 11) is 1.68. The molecule has 0 aliphatic heterocycles. The van der Waals surface area contributed by atoms with Gasteiger partial charge in [0.2, 0.25) is 0 Å². The predicted molar refractivity (Wildman–Crippen MR) is 83.9 cm³/mol. The second-order valence-corrected chi connectivity index (χ2v) is 5.49. The zero-order valence-electron chi connectivity index (χ0n) is 12.3. The zero-order chi connectivity index (χ0) is 14.4. The van der Waals surface area contributed by atoms with Crippen LogP contribution in [0.15, 0.2) is 54.6 Å². The summed E-state index contributed by atoms with van der Waals surface area (Å²) in [6.45, 7) is 2.09. The summed E-state index contributed by atoms with van der Waals surface area (Å²) in [4.78, 5) is 0. The maximum absolute atomic E-state index is 6.47. The topological polar surface area (TPSA) is 35.2 Å². The monoisotopic (exact) mass is 269 g/mol. The van der Waals surface area contributed by atoms with Crippen LogP contribution in [0, 0.1) is 0 Å². The van der Waals surface area contributed by atoms with Gasteiger partial charge >= 0.3 is 0 Å². The Labute approximate surface area is 121 Å². The molecular weight excluding hydrogens is 246 g/mol. The first-order valence-electron chi connectivity index (χ1n) is 7.09. The number of nitrogens with two attached hydrogens (primary N) is 1. The predicted octanol–water partition coefficient (Wildman–Crippen LogP) is 3.89. The molecule has 0 saturated carbocycles. The maximum Gasteiger partial charge on any atom is 0.119 e. The van der Waals surface area contributed by atoms with Crippen LogP contribution in [0.2, 0.25) is 0 Å². The second kappa shape index (κ2) is 6.58. The van der Waals surface area contributed by atoms with E-state index in [0.717, 1.165) is 30.6 Å². The van der Waals surface area contributed by atoms with Crippen LogP contribution in [0.3, 0.4) is 0 Å². The smallest absolute Gasteiger partial charge is 0.119 e. The fourth-order valence-electron chi connectivity index (χ4n) is 2.43. The fraction of sp³-hybridized carbons (Fsp3) is 0.333. The molecule has 1 unspecified atom stereocenters. The standard InChI is InChI=1S/C18H23NO/c1-18(19,16-11-6-12-17(14-16)20-2)13-7-10-15-8-4-3-5-9-15/h3-6,8-9,11-12,14H,7,10,13,19H2,1-2H3. The van der Waals surface area contributed by atoms with Crippen molar-refractivity contribution in [3.63, 3.8) is 0 Å². The van der Waals surface area contributed by atoms with Gasteiger partial charge in [0.25, 0.3) is 0 Å². The summed E-state index contributed by atoms with van der Waals surface area (Å²) < 4.78 is 5.27. The first-order chi connectivity index (χ1) is 9.62. The van der Waals surface area contributed by atoms with Crippen molar-refractivity contribution in [2.45, 2.75) is 31.7 Å². The second-order valence-electron chi connectivity index (χ2n) is 5.49. The molecule has 1 atom stereocenters. The van der Waals surface area contributed by atoms with Gasteiger partial charge in [-0.3, -0.25) is 0 Å². The van der Waals surface area contributed by atoms with Gasteiger partial charge in [0, 0.05) is 5.54 Å². The summed E-state index contributed by atoms with van der Waals surface area (Å²) in [5, 5.41) is 0. The first-order valence-corrected chi connectivity index (χ1v) is 7.09. The number of aryl methyl sites for hydroxylation is 1. The van der Waals surface area contributed by atoms with Crippen LogP contribution in [-0.4, -0.2) is 7.11 Å². The van der Waals surface area contributed by atoms with Gasteiger partial charge in [-0.25, -0.2) is 0 Å². The Morgan fingerprint density at radius 2 is 1.80 bits per heavy atom. The lowest BCUT2D eigenvalue weighted by molar-refractivity contribution is 0.405. The molecule has 0 saturated heterocycles. The van der Waals surface area contributed by atoms with Gasteiger partial charge in [0.05, 0.1) is 7.11 Å². The molecule has 0 aromatic heterocycles. The third-order valence-electron chi connectivity index (χ3n) is 3.73. The van der Waals surface area contributed by atoms with Crippen molar-refractivity contribution < 1.29 is 4.74 Å². The molecule has 20 heavy (non-hydrogen) atoms. The van der Waals surface area contributed by atoms with E-state index in [0.29, 0.717) is 0 Å². The molecule has 2 aromatic carbocycles. The van der Waals surface area contributed by atoms with Crippen LogP contribution < -0.4 is 10.5 Å². The van der Waals surface area contributed by atoms with Crippen LogP contribution in [0.4, 0.5) is 0 Å². The average molecular weight is 269 g/mol. The molecular formula is C18H23NO. The van der Waals surface area contributed by atoms with E-state index in [-0.39, 0.29) is 5.54 Å². The van der Waals surface area contributed by atoms with Gasteiger partial charge in [-0.2, -0.15) is 0 Å². The molecule has 106 valence electrons. The lowest BCUT2D eigenvalue weighted by Crippen LogP contribution is -2.33. The lowest BCUT2D eigenvalue weighted by atomic mass is 9.87. The first kappa shape index (κ1) is 14.6. The summed E-state index contributed by atoms with van der Waals surface area (Å²) in [6, 6.07) is 18.6. The van der Waals surface area contributed by atoms with Gasteiger partial charge < -0.3 is 10.5 Å². The van der Waals surface area contributed by atoms with Crippen LogP contribution in [0.25, 0.3) is 0 Å². The van der Waals surface area contributed by atoms with Gasteiger partial charge in [-0.1, -0.05) is 42.5 Å². The molecule has 2 nitrogen and oxygen atoms in total. The van der Waals surface area contributed by atoms with E-state index < -0.39 is 0 Å². The van der Waals surface area contributed by atoms with E-state index in [1.165, 1.54) is 5.56 Å². The van der Waals surface area contributed by atoms with Crippen molar-refractivity contribution in [3.05, 3.63) is 65.7 Å². The molecule has 2 aromatic rings. The Hall–Kier alpha value is -1.80. The molecule has 0 spiro atoms.